The Labute approximate surface area is 233 Å². The molecule has 3 aromatic rings. The molecule has 0 bridgehead atoms. The second kappa shape index (κ2) is 11.1. The lowest BCUT2D eigenvalue weighted by molar-refractivity contribution is -0.137. The first-order valence-corrected chi connectivity index (χ1v) is 13.8. The van der Waals surface area contributed by atoms with Gasteiger partial charge in [-0.25, -0.2) is 4.79 Å². The van der Waals surface area contributed by atoms with Crippen molar-refractivity contribution in [2.24, 2.45) is 11.3 Å². The highest BCUT2D eigenvalue weighted by Gasteiger charge is 2.34. The fourth-order valence-corrected chi connectivity index (χ4v) is 5.98. The number of nitrogens with zero attached hydrogens (tertiary/aromatic N) is 1. The van der Waals surface area contributed by atoms with E-state index in [1.54, 1.807) is 24.3 Å². The predicted octanol–water partition coefficient (Wildman–Crippen LogP) is 8.72. The first-order valence-electron chi connectivity index (χ1n) is 13.8. The highest BCUT2D eigenvalue weighted by atomic mass is 19.4. The fourth-order valence-electron chi connectivity index (χ4n) is 5.98. The van der Waals surface area contributed by atoms with Crippen LogP contribution in [0.5, 0.6) is 5.75 Å². The number of carbonyl (C=O) groups excluding carboxylic acids is 1. The minimum atomic E-state index is -4.41. The Balaban J connectivity index is 1.23. The van der Waals surface area contributed by atoms with Crippen LogP contribution in [0.4, 0.5) is 23.7 Å². The molecule has 1 N–H and O–H groups in total. The van der Waals surface area contributed by atoms with Gasteiger partial charge in [-0.15, -0.1) is 0 Å². The molecule has 2 aliphatic rings. The summed E-state index contributed by atoms with van der Waals surface area (Å²) in [7, 11) is 0. The number of allylic oxidation sites excluding steroid dienone is 1. The quantitative estimate of drug-likeness (QED) is 0.324. The van der Waals surface area contributed by atoms with E-state index in [1.807, 2.05) is 12.1 Å². The zero-order valence-electron chi connectivity index (χ0n) is 23.1. The molecule has 0 radical (unpaired) electrons. The maximum Gasteiger partial charge on any atom is 0.417 e. The first kappa shape index (κ1) is 28.0. The number of amides is 1. The maximum atomic E-state index is 13.0. The van der Waals surface area contributed by atoms with E-state index in [0.29, 0.717) is 28.1 Å². The molecule has 1 aliphatic heterocycles. The molecule has 7 heteroatoms. The van der Waals surface area contributed by atoms with Crippen molar-refractivity contribution in [1.82, 2.24) is 4.90 Å². The van der Waals surface area contributed by atoms with Crippen molar-refractivity contribution in [2.45, 2.75) is 52.8 Å². The summed E-state index contributed by atoms with van der Waals surface area (Å²) in [5, 5.41) is 2.81. The number of rotatable bonds is 5. The predicted molar refractivity (Wildman–Crippen MR) is 152 cm³/mol. The van der Waals surface area contributed by atoms with Crippen LogP contribution in [0.15, 0.2) is 78.4 Å². The van der Waals surface area contributed by atoms with E-state index in [4.69, 9.17) is 4.74 Å². The molecular weight excluding hydrogens is 513 g/mol. The second-order valence-electron chi connectivity index (χ2n) is 11.6. The summed E-state index contributed by atoms with van der Waals surface area (Å²) in [6.45, 7) is 9.94. The van der Waals surface area contributed by atoms with Crippen molar-refractivity contribution in [3.8, 4) is 16.9 Å². The van der Waals surface area contributed by atoms with Crippen molar-refractivity contribution in [3.63, 3.8) is 0 Å². The number of anilines is 1. The number of nitrogens with one attached hydrogen (secondary N) is 1. The van der Waals surface area contributed by atoms with Crippen LogP contribution >= 0.6 is 0 Å². The van der Waals surface area contributed by atoms with Gasteiger partial charge in [-0.05, 0) is 84.5 Å². The number of hydrogen-bond donors (Lipinski definition) is 1. The lowest BCUT2D eigenvalue weighted by atomic mass is 9.68. The van der Waals surface area contributed by atoms with Crippen molar-refractivity contribution >= 4 is 11.8 Å². The zero-order chi connectivity index (χ0) is 28.5. The van der Waals surface area contributed by atoms with E-state index in [9.17, 15) is 18.0 Å². The lowest BCUT2D eigenvalue weighted by Gasteiger charge is -2.42. The number of hydrogen-bond acceptors (Lipinski definition) is 3. The third kappa shape index (κ3) is 6.25. The van der Waals surface area contributed by atoms with E-state index in [2.05, 4.69) is 43.1 Å². The van der Waals surface area contributed by atoms with Gasteiger partial charge in [0.15, 0.2) is 0 Å². The van der Waals surface area contributed by atoms with Gasteiger partial charge in [-0.3, -0.25) is 10.2 Å². The van der Waals surface area contributed by atoms with E-state index in [1.165, 1.54) is 35.3 Å². The van der Waals surface area contributed by atoms with Crippen molar-refractivity contribution in [3.05, 3.63) is 95.1 Å². The van der Waals surface area contributed by atoms with Crippen molar-refractivity contribution in [2.75, 3.05) is 18.4 Å². The van der Waals surface area contributed by atoms with Crippen LogP contribution < -0.4 is 10.1 Å². The average molecular weight is 549 g/mol. The summed E-state index contributed by atoms with van der Waals surface area (Å²) in [4.78, 5) is 15.3. The van der Waals surface area contributed by atoms with E-state index in [-0.39, 0.29) is 5.75 Å². The summed E-state index contributed by atoms with van der Waals surface area (Å²) in [6.07, 6.45) is 0.624. The number of benzene rings is 3. The Morgan fingerprint density at radius 2 is 1.80 bits per heavy atom. The summed E-state index contributed by atoms with van der Waals surface area (Å²) in [6, 6.07) is 17.6. The average Bonchev–Trinajstić information content (AvgIpc) is 2.90. The van der Waals surface area contributed by atoms with Gasteiger partial charge < -0.3 is 4.74 Å². The summed E-state index contributed by atoms with van der Waals surface area (Å²) in [5.41, 5.74) is 5.27. The Morgan fingerprint density at radius 1 is 1.05 bits per heavy atom. The third-order valence-electron chi connectivity index (χ3n) is 8.35. The number of fused-ring (bicyclic) bond motifs is 1. The molecule has 1 aliphatic carbocycles. The molecule has 0 saturated heterocycles. The smallest absolute Gasteiger partial charge is 0.409 e. The molecule has 0 fully saturated rings. The molecule has 1 unspecified atom stereocenters. The Bertz CT molecular complexity index is 1410. The molecule has 1 amide bonds. The fraction of sp³-hybridized carbons (Fsp3) is 0.364. The van der Waals surface area contributed by atoms with Gasteiger partial charge in [0.1, 0.15) is 5.75 Å². The molecule has 210 valence electrons. The van der Waals surface area contributed by atoms with E-state index < -0.39 is 17.8 Å². The van der Waals surface area contributed by atoms with Gasteiger partial charge in [0.25, 0.3) is 0 Å². The van der Waals surface area contributed by atoms with Crippen LogP contribution in [0.25, 0.3) is 11.1 Å². The van der Waals surface area contributed by atoms with Gasteiger partial charge >= 0.3 is 12.3 Å². The number of carbonyl (C=O) groups is 1. The highest BCUT2D eigenvalue weighted by molar-refractivity contribution is 5.88. The van der Waals surface area contributed by atoms with Crippen LogP contribution in [0.1, 0.15) is 50.3 Å². The van der Waals surface area contributed by atoms with Crippen LogP contribution in [0.3, 0.4) is 0 Å². The minimum absolute atomic E-state index is 0.267. The molecule has 3 aromatic carbocycles. The summed E-state index contributed by atoms with van der Waals surface area (Å²) < 4.78 is 44.5. The maximum absolute atomic E-state index is 13.0. The molecule has 0 saturated carbocycles. The molecular formula is C33H35F3N2O2. The van der Waals surface area contributed by atoms with Crippen LogP contribution in [-0.2, 0) is 19.1 Å². The molecule has 1 heterocycles. The molecule has 0 spiro atoms. The summed E-state index contributed by atoms with van der Waals surface area (Å²) in [5.74, 6) is 0.826. The molecule has 5 rings (SSSR count). The van der Waals surface area contributed by atoms with Gasteiger partial charge in [0, 0.05) is 30.9 Å². The first-order chi connectivity index (χ1) is 19.0. The van der Waals surface area contributed by atoms with Crippen LogP contribution in [-0.4, -0.2) is 24.1 Å². The van der Waals surface area contributed by atoms with Gasteiger partial charge in [0.05, 0.1) is 5.56 Å². The van der Waals surface area contributed by atoms with Crippen molar-refractivity contribution < 1.29 is 22.7 Å². The van der Waals surface area contributed by atoms with E-state index in [0.717, 1.165) is 44.6 Å². The molecule has 1 atom stereocenters. The standard InChI is InChI=1S/C33H35F3N2O2/c1-22-7-6-17-32(2,3)29(22)21-38-18-16-24-19-27(15-12-25(24)20-38)37-31(39)40-30-9-5-4-8-28(30)23-10-13-26(14-11-23)33(34,35)36/h4-5,7-15,19,29H,6,16-18,20-21H2,1-3H3,(H,37,39). The topological polar surface area (TPSA) is 41.6 Å². The minimum Gasteiger partial charge on any atom is -0.409 e. The molecule has 4 nitrogen and oxygen atoms in total. The lowest BCUT2D eigenvalue weighted by Crippen LogP contribution is -2.41. The Kier molecular flexibility index (Phi) is 7.78. The monoisotopic (exact) mass is 548 g/mol. The number of para-hydroxylation sites is 1. The van der Waals surface area contributed by atoms with E-state index >= 15 is 0 Å². The second-order valence-corrected chi connectivity index (χ2v) is 11.6. The van der Waals surface area contributed by atoms with Crippen LogP contribution in [0.2, 0.25) is 0 Å². The molecule has 40 heavy (non-hydrogen) atoms. The van der Waals surface area contributed by atoms with Gasteiger partial charge in [-0.1, -0.05) is 61.9 Å². The summed E-state index contributed by atoms with van der Waals surface area (Å²) >= 11 is 0. The zero-order valence-corrected chi connectivity index (χ0v) is 23.1. The van der Waals surface area contributed by atoms with Gasteiger partial charge in [-0.2, -0.15) is 13.2 Å². The number of halogens is 3. The third-order valence-corrected chi connectivity index (χ3v) is 8.35. The van der Waals surface area contributed by atoms with Crippen molar-refractivity contribution in [1.29, 1.82) is 0 Å². The van der Waals surface area contributed by atoms with Gasteiger partial charge in [0.2, 0.25) is 0 Å². The number of alkyl halides is 3. The highest BCUT2D eigenvalue weighted by Crippen LogP contribution is 2.42. The Morgan fingerprint density at radius 3 is 2.52 bits per heavy atom. The normalized spacial score (nSPS) is 18.9. The SMILES string of the molecule is CC1=CCCC(C)(C)C1CN1CCc2cc(NC(=O)Oc3ccccc3-c3ccc(C(F)(F)F)cc3)ccc2C1. The molecule has 0 aromatic heterocycles. The Hall–Kier alpha value is -3.58. The number of ether oxygens (including phenoxy) is 1. The largest absolute Gasteiger partial charge is 0.417 e. The van der Waals surface area contributed by atoms with Crippen LogP contribution in [0, 0.1) is 11.3 Å².